The van der Waals surface area contributed by atoms with Gasteiger partial charge in [-0.25, -0.2) is 9.97 Å². The van der Waals surface area contributed by atoms with Crippen molar-refractivity contribution < 1.29 is 9.53 Å². The van der Waals surface area contributed by atoms with Gasteiger partial charge in [-0.15, -0.1) is 0 Å². The van der Waals surface area contributed by atoms with Gasteiger partial charge in [0.1, 0.15) is 0 Å². The average Bonchev–Trinajstić information content (AvgIpc) is 2.82. The molecule has 0 unspecified atom stereocenters. The van der Waals surface area contributed by atoms with Gasteiger partial charge in [-0.1, -0.05) is 59.8 Å². The number of aromatic nitrogens is 3. The highest BCUT2D eigenvalue weighted by Crippen LogP contribution is 2.29. The van der Waals surface area contributed by atoms with Gasteiger partial charge in [-0.05, 0) is 39.0 Å². The number of ether oxygens (including phenoxy) is 1. The molecule has 4 aromatic rings. The van der Waals surface area contributed by atoms with E-state index < -0.39 is 0 Å². The number of rotatable bonds is 5. The molecule has 6 nitrogen and oxygen atoms in total. The lowest BCUT2D eigenvalue weighted by Gasteiger charge is -2.31. The van der Waals surface area contributed by atoms with Crippen molar-refractivity contribution in [2.24, 2.45) is 0 Å². The summed E-state index contributed by atoms with van der Waals surface area (Å²) in [6.45, 7) is 6.47. The summed E-state index contributed by atoms with van der Waals surface area (Å²) in [5.41, 5.74) is 4.13. The van der Waals surface area contributed by atoms with Crippen LogP contribution >= 0.6 is 11.8 Å². The molecule has 34 heavy (non-hydrogen) atoms. The molecule has 0 atom stereocenters. The molecule has 0 saturated heterocycles. The molecule has 0 bridgehead atoms. The quantitative estimate of drug-likeness (QED) is 0.234. The van der Waals surface area contributed by atoms with Crippen LogP contribution in [0.15, 0.2) is 70.6 Å². The van der Waals surface area contributed by atoms with E-state index in [1.165, 1.54) is 11.8 Å². The maximum atomic E-state index is 13.7. The topological polar surface area (TPSA) is 74.1 Å². The lowest BCUT2D eigenvalue weighted by atomic mass is 9.95. The number of carbonyl (C=O) groups is 1. The van der Waals surface area contributed by atoms with Crippen LogP contribution in [-0.2, 0) is 17.8 Å². The number of benzene rings is 2. The third kappa shape index (κ3) is 4.41. The van der Waals surface area contributed by atoms with Gasteiger partial charge in [0.05, 0.1) is 34.7 Å². The van der Waals surface area contributed by atoms with Gasteiger partial charge >= 0.3 is 0 Å². The molecule has 3 heterocycles. The Morgan fingerprint density at radius 2 is 1.82 bits per heavy atom. The Morgan fingerprint density at radius 3 is 2.56 bits per heavy atom. The molecule has 0 spiro atoms. The van der Waals surface area contributed by atoms with E-state index in [9.17, 15) is 9.59 Å². The van der Waals surface area contributed by atoms with E-state index in [4.69, 9.17) is 14.7 Å². The second kappa shape index (κ2) is 8.81. The molecule has 2 aromatic heterocycles. The SMILES string of the molecule is Cc1ccc(-n2c(SCC(=O)c3ccccc3)nc3nc4c(cc3c2=O)COC(C)(C)C4)cc1. The second-order valence-corrected chi connectivity index (χ2v) is 10.1. The summed E-state index contributed by atoms with van der Waals surface area (Å²) < 4.78 is 7.50. The van der Waals surface area contributed by atoms with Crippen LogP contribution in [0.1, 0.15) is 41.0 Å². The van der Waals surface area contributed by atoms with Gasteiger partial charge in [0.25, 0.3) is 5.56 Å². The Morgan fingerprint density at radius 1 is 1.09 bits per heavy atom. The van der Waals surface area contributed by atoms with Crippen molar-refractivity contribution in [3.05, 3.63) is 93.4 Å². The van der Waals surface area contributed by atoms with Crippen LogP contribution in [0, 0.1) is 6.92 Å². The van der Waals surface area contributed by atoms with Crippen LogP contribution in [0.4, 0.5) is 0 Å². The molecule has 1 aliphatic rings. The second-order valence-electron chi connectivity index (χ2n) is 9.14. The van der Waals surface area contributed by atoms with Crippen molar-refractivity contribution in [3.63, 3.8) is 0 Å². The predicted molar refractivity (Wildman–Crippen MR) is 134 cm³/mol. The number of carbonyl (C=O) groups excluding carboxylic acids is 1. The van der Waals surface area contributed by atoms with Gasteiger partial charge in [-0.3, -0.25) is 14.2 Å². The Labute approximate surface area is 202 Å². The summed E-state index contributed by atoms with van der Waals surface area (Å²) in [5.74, 6) is 0.146. The number of pyridine rings is 1. The number of fused-ring (bicyclic) bond motifs is 2. The standard InChI is InChI=1S/C27H25N3O3S/c1-17-9-11-20(12-10-17)30-25(32)21-13-19-15-33-27(2,3)14-22(19)28-24(21)29-26(30)34-16-23(31)18-7-5-4-6-8-18/h4-13H,14-16H2,1-3H3. The third-order valence-electron chi connectivity index (χ3n) is 5.93. The van der Waals surface area contributed by atoms with Gasteiger partial charge in [0, 0.05) is 17.5 Å². The monoisotopic (exact) mass is 471 g/mol. The van der Waals surface area contributed by atoms with Crippen molar-refractivity contribution in [1.29, 1.82) is 0 Å². The Bertz CT molecular complexity index is 1440. The molecule has 0 N–H and O–H groups in total. The molecule has 1 aliphatic heterocycles. The molecule has 0 radical (unpaired) electrons. The van der Waals surface area contributed by atoms with E-state index >= 15 is 0 Å². The predicted octanol–water partition coefficient (Wildman–Crippen LogP) is 4.92. The van der Waals surface area contributed by atoms with Crippen LogP contribution in [0.3, 0.4) is 0 Å². The van der Waals surface area contributed by atoms with E-state index in [2.05, 4.69) is 0 Å². The lowest BCUT2D eigenvalue weighted by Crippen LogP contribution is -2.33. The number of nitrogens with zero attached hydrogens (tertiary/aromatic N) is 3. The highest BCUT2D eigenvalue weighted by atomic mass is 32.2. The molecular formula is C27H25N3O3S. The lowest BCUT2D eigenvalue weighted by molar-refractivity contribution is -0.0411. The molecule has 2 aromatic carbocycles. The Balaban J connectivity index is 1.62. The Kier molecular flexibility index (Phi) is 5.83. The van der Waals surface area contributed by atoms with E-state index in [0.29, 0.717) is 40.5 Å². The minimum atomic E-state index is -0.315. The smallest absolute Gasteiger partial charge is 0.268 e. The summed E-state index contributed by atoms with van der Waals surface area (Å²) in [5, 5.41) is 0.894. The third-order valence-corrected chi connectivity index (χ3v) is 6.87. The summed E-state index contributed by atoms with van der Waals surface area (Å²) in [6, 6.07) is 18.7. The van der Waals surface area contributed by atoms with Crippen LogP contribution < -0.4 is 5.56 Å². The van der Waals surface area contributed by atoms with Gasteiger partial charge in [0.2, 0.25) is 0 Å². The van der Waals surface area contributed by atoms with Crippen molar-refractivity contribution in [3.8, 4) is 5.69 Å². The first-order valence-electron chi connectivity index (χ1n) is 11.2. The first-order valence-corrected chi connectivity index (χ1v) is 12.2. The molecule has 0 amide bonds. The number of ketones is 1. The average molecular weight is 472 g/mol. The molecule has 7 heteroatoms. The minimum absolute atomic E-state index is 0.0206. The van der Waals surface area contributed by atoms with Crippen LogP contribution in [0.25, 0.3) is 16.7 Å². The number of hydrogen-bond acceptors (Lipinski definition) is 6. The number of thioether (sulfide) groups is 1. The zero-order valence-corrected chi connectivity index (χ0v) is 20.2. The maximum Gasteiger partial charge on any atom is 0.268 e. The number of Topliss-reactive ketones (excluding diaryl/α,β-unsaturated/α-hetero) is 1. The molecular weight excluding hydrogens is 446 g/mol. The van der Waals surface area contributed by atoms with Crippen LogP contribution in [0.2, 0.25) is 0 Å². The molecule has 0 fully saturated rings. The summed E-state index contributed by atoms with van der Waals surface area (Å²) >= 11 is 1.25. The zero-order valence-electron chi connectivity index (χ0n) is 19.4. The maximum absolute atomic E-state index is 13.7. The molecule has 0 saturated carbocycles. The Hall–Kier alpha value is -3.29. The fraction of sp³-hybridized carbons (Fsp3) is 0.259. The van der Waals surface area contributed by atoms with Crippen molar-refractivity contribution in [2.45, 2.75) is 44.6 Å². The van der Waals surface area contributed by atoms with E-state index in [0.717, 1.165) is 16.8 Å². The molecule has 5 rings (SSSR count). The normalized spacial score (nSPS) is 14.7. The van der Waals surface area contributed by atoms with Gasteiger partial charge in [-0.2, -0.15) is 0 Å². The highest BCUT2D eigenvalue weighted by molar-refractivity contribution is 7.99. The van der Waals surface area contributed by atoms with E-state index in [-0.39, 0.29) is 22.7 Å². The van der Waals surface area contributed by atoms with Crippen molar-refractivity contribution in [2.75, 3.05) is 5.75 Å². The van der Waals surface area contributed by atoms with Crippen molar-refractivity contribution in [1.82, 2.24) is 14.5 Å². The van der Waals surface area contributed by atoms with E-state index in [1.54, 1.807) is 16.7 Å². The summed E-state index contributed by atoms with van der Waals surface area (Å²) in [6.07, 6.45) is 0.649. The van der Waals surface area contributed by atoms with Gasteiger partial charge < -0.3 is 4.74 Å². The summed E-state index contributed by atoms with van der Waals surface area (Å²) in [4.78, 5) is 36.0. The summed E-state index contributed by atoms with van der Waals surface area (Å²) in [7, 11) is 0. The minimum Gasteiger partial charge on any atom is -0.370 e. The molecule has 0 aliphatic carbocycles. The highest BCUT2D eigenvalue weighted by Gasteiger charge is 2.28. The first-order chi connectivity index (χ1) is 16.3. The fourth-order valence-electron chi connectivity index (χ4n) is 4.03. The van der Waals surface area contributed by atoms with Crippen LogP contribution in [-0.4, -0.2) is 31.7 Å². The van der Waals surface area contributed by atoms with Crippen molar-refractivity contribution >= 4 is 28.6 Å². The number of aryl methyl sites for hydroxylation is 1. The number of hydrogen-bond donors (Lipinski definition) is 0. The fourth-order valence-corrected chi connectivity index (χ4v) is 4.93. The largest absolute Gasteiger partial charge is 0.370 e. The first kappa shape index (κ1) is 22.5. The van der Waals surface area contributed by atoms with E-state index in [1.807, 2.05) is 69.3 Å². The van der Waals surface area contributed by atoms with Crippen LogP contribution in [0.5, 0.6) is 0 Å². The van der Waals surface area contributed by atoms with Gasteiger partial charge in [0.15, 0.2) is 16.6 Å². The zero-order chi connectivity index (χ0) is 23.9. The molecule has 172 valence electrons.